The number of benzene rings is 1. The first kappa shape index (κ1) is 11.9. The summed E-state index contributed by atoms with van der Waals surface area (Å²) in [4.78, 5) is 9.09. The van der Waals surface area contributed by atoms with Gasteiger partial charge in [0.1, 0.15) is 17.7 Å². The SMILES string of the molecule is Nc1nc(-c2coc3ccccc23)nc(C2CC2)c1Br. The molecule has 0 radical (unpaired) electrons. The Morgan fingerprint density at radius 1 is 1.20 bits per heavy atom. The maximum absolute atomic E-state index is 6.01. The number of hydrogen-bond acceptors (Lipinski definition) is 4. The van der Waals surface area contributed by atoms with Gasteiger partial charge in [-0.05, 0) is 34.8 Å². The zero-order valence-electron chi connectivity index (χ0n) is 10.6. The van der Waals surface area contributed by atoms with Crippen LogP contribution < -0.4 is 5.73 Å². The number of fused-ring (bicyclic) bond motifs is 1. The van der Waals surface area contributed by atoms with Gasteiger partial charge < -0.3 is 10.2 Å². The first-order valence-corrected chi connectivity index (χ1v) is 7.33. The maximum atomic E-state index is 6.01. The second-order valence-corrected chi connectivity index (χ2v) is 5.84. The van der Waals surface area contributed by atoms with Crippen molar-refractivity contribution in [2.75, 3.05) is 5.73 Å². The topological polar surface area (TPSA) is 64.9 Å². The number of anilines is 1. The monoisotopic (exact) mass is 329 g/mol. The van der Waals surface area contributed by atoms with Crippen LogP contribution in [0.25, 0.3) is 22.4 Å². The molecule has 5 heteroatoms. The minimum atomic E-state index is 0.488. The Bertz CT molecular complexity index is 808. The summed E-state index contributed by atoms with van der Waals surface area (Å²) in [6, 6.07) is 7.86. The van der Waals surface area contributed by atoms with Crippen molar-refractivity contribution in [1.29, 1.82) is 0 Å². The van der Waals surface area contributed by atoms with E-state index < -0.39 is 0 Å². The van der Waals surface area contributed by atoms with E-state index >= 15 is 0 Å². The highest BCUT2D eigenvalue weighted by Crippen LogP contribution is 2.44. The van der Waals surface area contributed by atoms with Gasteiger partial charge in [0, 0.05) is 11.3 Å². The lowest BCUT2D eigenvalue weighted by Crippen LogP contribution is -2.01. The van der Waals surface area contributed by atoms with E-state index in [-0.39, 0.29) is 0 Å². The van der Waals surface area contributed by atoms with Crippen LogP contribution in [0.2, 0.25) is 0 Å². The third kappa shape index (κ3) is 1.81. The molecule has 2 aromatic heterocycles. The molecule has 2 N–H and O–H groups in total. The predicted molar refractivity (Wildman–Crippen MR) is 81.3 cm³/mol. The number of aromatic nitrogens is 2. The number of para-hydroxylation sites is 1. The van der Waals surface area contributed by atoms with E-state index in [0.29, 0.717) is 17.6 Å². The number of furan rings is 1. The van der Waals surface area contributed by atoms with E-state index in [1.54, 1.807) is 6.26 Å². The van der Waals surface area contributed by atoms with Gasteiger partial charge in [-0.25, -0.2) is 9.97 Å². The zero-order valence-corrected chi connectivity index (χ0v) is 12.2. The predicted octanol–water partition coefficient (Wildman–Crippen LogP) is 4.11. The molecule has 3 aromatic rings. The molecule has 100 valence electrons. The normalized spacial score (nSPS) is 14.8. The van der Waals surface area contributed by atoms with Gasteiger partial charge in [0.05, 0.1) is 15.7 Å². The Hall–Kier alpha value is -1.88. The summed E-state index contributed by atoms with van der Waals surface area (Å²) in [6.07, 6.45) is 4.03. The van der Waals surface area contributed by atoms with Gasteiger partial charge in [-0.3, -0.25) is 0 Å². The Morgan fingerprint density at radius 2 is 2.00 bits per heavy atom. The molecule has 0 aliphatic heterocycles. The number of halogens is 1. The maximum Gasteiger partial charge on any atom is 0.165 e. The number of nitrogens with two attached hydrogens (primary N) is 1. The van der Waals surface area contributed by atoms with Gasteiger partial charge in [-0.15, -0.1) is 0 Å². The fraction of sp³-hybridized carbons (Fsp3) is 0.200. The highest BCUT2D eigenvalue weighted by atomic mass is 79.9. The third-order valence-corrected chi connectivity index (χ3v) is 4.40. The molecule has 1 saturated carbocycles. The van der Waals surface area contributed by atoms with Crippen molar-refractivity contribution < 1.29 is 4.42 Å². The van der Waals surface area contributed by atoms with Crippen LogP contribution in [0.3, 0.4) is 0 Å². The lowest BCUT2D eigenvalue weighted by molar-refractivity contribution is 0.616. The number of rotatable bonds is 2. The van der Waals surface area contributed by atoms with Crippen LogP contribution in [0, 0.1) is 0 Å². The minimum Gasteiger partial charge on any atom is -0.464 e. The van der Waals surface area contributed by atoms with E-state index in [1.807, 2.05) is 24.3 Å². The van der Waals surface area contributed by atoms with Crippen LogP contribution in [0.15, 0.2) is 39.4 Å². The van der Waals surface area contributed by atoms with E-state index in [9.17, 15) is 0 Å². The summed E-state index contributed by atoms with van der Waals surface area (Å²) in [7, 11) is 0. The molecule has 0 unspecified atom stereocenters. The fourth-order valence-corrected chi connectivity index (χ4v) is 2.88. The van der Waals surface area contributed by atoms with Gasteiger partial charge >= 0.3 is 0 Å². The van der Waals surface area contributed by atoms with Crippen LogP contribution in [-0.4, -0.2) is 9.97 Å². The molecule has 4 rings (SSSR count). The summed E-state index contributed by atoms with van der Waals surface area (Å²) in [6.45, 7) is 0. The molecular weight excluding hydrogens is 318 g/mol. The van der Waals surface area contributed by atoms with Crippen molar-refractivity contribution in [3.63, 3.8) is 0 Å². The molecule has 0 bridgehead atoms. The molecular formula is C15H12BrN3O. The lowest BCUT2D eigenvalue weighted by atomic mass is 10.1. The average Bonchev–Trinajstić information content (AvgIpc) is 3.21. The summed E-state index contributed by atoms with van der Waals surface area (Å²) in [5.41, 5.74) is 8.74. The lowest BCUT2D eigenvalue weighted by Gasteiger charge is -2.07. The standard InChI is InChI=1S/C15H12BrN3O/c16-12-13(8-5-6-8)18-15(19-14(12)17)10-7-20-11-4-2-1-3-9(10)11/h1-4,7-8H,5-6H2,(H2,17,18,19). The van der Waals surface area contributed by atoms with E-state index in [2.05, 4.69) is 25.9 Å². The van der Waals surface area contributed by atoms with Gasteiger partial charge in [0.25, 0.3) is 0 Å². The van der Waals surface area contributed by atoms with Crippen LogP contribution in [-0.2, 0) is 0 Å². The largest absolute Gasteiger partial charge is 0.464 e. The van der Waals surface area contributed by atoms with Gasteiger partial charge in [-0.2, -0.15) is 0 Å². The summed E-state index contributed by atoms with van der Waals surface area (Å²) >= 11 is 3.49. The molecule has 1 aliphatic carbocycles. The minimum absolute atomic E-state index is 0.488. The Labute approximate surface area is 124 Å². The first-order valence-electron chi connectivity index (χ1n) is 6.53. The molecule has 4 nitrogen and oxygen atoms in total. The van der Waals surface area contributed by atoms with E-state index in [0.717, 1.165) is 26.7 Å². The van der Waals surface area contributed by atoms with Gasteiger partial charge in [-0.1, -0.05) is 18.2 Å². The number of hydrogen-bond donors (Lipinski definition) is 1. The van der Waals surface area contributed by atoms with Crippen molar-refractivity contribution in [3.05, 3.63) is 40.7 Å². The van der Waals surface area contributed by atoms with Crippen LogP contribution >= 0.6 is 15.9 Å². The van der Waals surface area contributed by atoms with Crippen LogP contribution in [0.5, 0.6) is 0 Å². The van der Waals surface area contributed by atoms with Crippen molar-refractivity contribution in [1.82, 2.24) is 9.97 Å². The molecule has 0 amide bonds. The first-order chi connectivity index (χ1) is 9.74. The molecule has 0 atom stereocenters. The fourth-order valence-electron chi connectivity index (χ4n) is 2.38. The second kappa shape index (κ2) is 4.31. The second-order valence-electron chi connectivity index (χ2n) is 5.05. The Kier molecular flexibility index (Phi) is 2.57. The Morgan fingerprint density at radius 3 is 2.80 bits per heavy atom. The molecule has 2 heterocycles. The Balaban J connectivity index is 1.94. The van der Waals surface area contributed by atoms with Crippen molar-refractivity contribution in [2.45, 2.75) is 18.8 Å². The quantitative estimate of drug-likeness (QED) is 0.768. The number of nitrogens with zero attached hydrogens (tertiary/aromatic N) is 2. The van der Waals surface area contributed by atoms with Crippen LogP contribution in [0.1, 0.15) is 24.5 Å². The third-order valence-electron chi connectivity index (χ3n) is 3.59. The van der Waals surface area contributed by atoms with E-state index in [1.165, 1.54) is 12.8 Å². The average molecular weight is 330 g/mol. The van der Waals surface area contributed by atoms with E-state index in [4.69, 9.17) is 10.2 Å². The van der Waals surface area contributed by atoms with Crippen molar-refractivity contribution in [2.24, 2.45) is 0 Å². The molecule has 20 heavy (non-hydrogen) atoms. The molecule has 0 saturated heterocycles. The highest BCUT2D eigenvalue weighted by Gasteiger charge is 2.29. The van der Waals surface area contributed by atoms with Crippen molar-refractivity contribution in [3.8, 4) is 11.4 Å². The molecule has 0 spiro atoms. The smallest absolute Gasteiger partial charge is 0.165 e. The molecule has 1 aromatic carbocycles. The van der Waals surface area contributed by atoms with Crippen molar-refractivity contribution >= 4 is 32.7 Å². The van der Waals surface area contributed by atoms with Gasteiger partial charge in [0.2, 0.25) is 0 Å². The highest BCUT2D eigenvalue weighted by molar-refractivity contribution is 9.10. The van der Waals surface area contributed by atoms with Crippen LogP contribution in [0.4, 0.5) is 5.82 Å². The molecule has 1 aliphatic rings. The summed E-state index contributed by atoms with van der Waals surface area (Å²) < 4.78 is 6.39. The summed E-state index contributed by atoms with van der Waals surface area (Å²) in [5.74, 6) is 1.63. The number of nitrogen functional groups attached to an aromatic ring is 1. The molecule has 1 fully saturated rings. The zero-order chi connectivity index (χ0) is 13.7. The summed E-state index contributed by atoms with van der Waals surface area (Å²) in [5, 5.41) is 1.01. The van der Waals surface area contributed by atoms with Gasteiger partial charge in [0.15, 0.2) is 5.82 Å².